The molecule has 0 unspecified atom stereocenters. The fraction of sp³-hybridized carbons (Fsp3) is 0.647. The van der Waals surface area contributed by atoms with Crippen LogP contribution in [-0.2, 0) is 0 Å². The van der Waals surface area contributed by atoms with Crippen LogP contribution in [0, 0.1) is 13.8 Å². The molecule has 1 aliphatic carbocycles. The number of hydrogen-bond acceptors (Lipinski definition) is 2. The average Bonchev–Trinajstić information content (AvgIpc) is 2.43. The zero-order valence-corrected chi connectivity index (χ0v) is 13.2. The number of benzene rings is 1. The topological polar surface area (TPSA) is 12.0 Å². The van der Waals surface area contributed by atoms with Gasteiger partial charge in [0.25, 0.3) is 0 Å². The lowest BCUT2D eigenvalue weighted by Gasteiger charge is -2.22. The molecular weight excluding hydrogens is 250 g/mol. The van der Waals surface area contributed by atoms with Gasteiger partial charge in [0, 0.05) is 10.9 Å². The number of rotatable bonds is 6. The van der Waals surface area contributed by atoms with Gasteiger partial charge in [0.2, 0.25) is 0 Å². The summed E-state index contributed by atoms with van der Waals surface area (Å²) in [5.41, 5.74) is 2.80. The van der Waals surface area contributed by atoms with Gasteiger partial charge in [0.1, 0.15) is 0 Å². The number of aryl methyl sites for hydroxylation is 2. The van der Waals surface area contributed by atoms with E-state index in [9.17, 15) is 0 Å². The van der Waals surface area contributed by atoms with Crippen molar-refractivity contribution in [2.45, 2.75) is 63.3 Å². The predicted octanol–water partition coefficient (Wildman–Crippen LogP) is 4.71. The van der Waals surface area contributed by atoms with E-state index in [1.165, 1.54) is 66.8 Å². The lowest BCUT2D eigenvalue weighted by Crippen LogP contribution is -2.31. The molecule has 0 aliphatic heterocycles. The molecular formula is C17H27NS. The molecule has 0 amide bonds. The van der Waals surface area contributed by atoms with Crippen molar-refractivity contribution in [2.24, 2.45) is 0 Å². The Morgan fingerprint density at radius 2 is 1.89 bits per heavy atom. The van der Waals surface area contributed by atoms with Gasteiger partial charge in [-0.2, -0.15) is 0 Å². The molecule has 106 valence electrons. The number of thioether (sulfide) groups is 1. The van der Waals surface area contributed by atoms with Crippen LogP contribution in [0.3, 0.4) is 0 Å². The monoisotopic (exact) mass is 277 g/mol. The smallest absolute Gasteiger partial charge is 0.00747 e. The summed E-state index contributed by atoms with van der Waals surface area (Å²) in [6.45, 7) is 5.56. The van der Waals surface area contributed by atoms with Gasteiger partial charge in [-0.05, 0) is 68.7 Å². The van der Waals surface area contributed by atoms with Crippen molar-refractivity contribution >= 4 is 11.8 Å². The molecule has 0 spiro atoms. The molecule has 1 aliphatic rings. The van der Waals surface area contributed by atoms with Gasteiger partial charge in [-0.3, -0.25) is 0 Å². The minimum Gasteiger partial charge on any atom is -0.314 e. The normalized spacial score (nSPS) is 16.7. The Kier molecular flexibility index (Phi) is 6.25. The van der Waals surface area contributed by atoms with Crippen LogP contribution in [0.2, 0.25) is 0 Å². The Labute approximate surface area is 122 Å². The molecule has 0 bridgehead atoms. The zero-order valence-electron chi connectivity index (χ0n) is 12.4. The third-order valence-electron chi connectivity index (χ3n) is 4.11. The highest BCUT2D eigenvalue weighted by molar-refractivity contribution is 7.99. The Hall–Kier alpha value is -0.470. The second-order valence-corrected chi connectivity index (χ2v) is 6.91. The third kappa shape index (κ3) is 5.19. The first-order valence-corrected chi connectivity index (χ1v) is 8.68. The molecule has 0 radical (unpaired) electrons. The van der Waals surface area contributed by atoms with Gasteiger partial charge < -0.3 is 5.32 Å². The van der Waals surface area contributed by atoms with Crippen molar-refractivity contribution in [3.05, 3.63) is 29.3 Å². The summed E-state index contributed by atoms with van der Waals surface area (Å²) < 4.78 is 0. The molecule has 19 heavy (non-hydrogen) atoms. The highest BCUT2D eigenvalue weighted by Gasteiger charge is 2.11. The standard InChI is InChI=1S/C17H27NS/c1-14-9-10-17(13-15(14)2)19-12-6-11-18-16-7-4-3-5-8-16/h9-10,13,16,18H,3-8,11-12H2,1-2H3. The number of nitrogens with one attached hydrogen (secondary N) is 1. The van der Waals surface area contributed by atoms with E-state index >= 15 is 0 Å². The molecule has 2 rings (SSSR count). The highest BCUT2D eigenvalue weighted by atomic mass is 32.2. The zero-order chi connectivity index (χ0) is 13.5. The summed E-state index contributed by atoms with van der Waals surface area (Å²) in [4.78, 5) is 1.42. The summed E-state index contributed by atoms with van der Waals surface area (Å²) in [5, 5.41) is 3.72. The van der Waals surface area contributed by atoms with Crippen LogP contribution in [0.1, 0.15) is 49.7 Å². The van der Waals surface area contributed by atoms with Crippen molar-refractivity contribution in [1.29, 1.82) is 0 Å². The van der Waals surface area contributed by atoms with Crippen molar-refractivity contribution in [3.63, 3.8) is 0 Å². The van der Waals surface area contributed by atoms with Crippen LogP contribution < -0.4 is 5.32 Å². The first-order chi connectivity index (χ1) is 9.25. The van der Waals surface area contributed by atoms with E-state index in [1.807, 2.05) is 11.8 Å². The molecule has 1 aromatic rings. The fourth-order valence-electron chi connectivity index (χ4n) is 2.68. The largest absolute Gasteiger partial charge is 0.314 e. The molecule has 1 aromatic carbocycles. The second kappa shape index (κ2) is 7.96. The first kappa shape index (κ1) is 14.9. The summed E-state index contributed by atoms with van der Waals surface area (Å²) >= 11 is 1.99. The summed E-state index contributed by atoms with van der Waals surface area (Å²) in [5.74, 6) is 1.22. The van der Waals surface area contributed by atoms with E-state index in [4.69, 9.17) is 0 Å². The highest BCUT2D eigenvalue weighted by Crippen LogP contribution is 2.22. The third-order valence-corrected chi connectivity index (χ3v) is 5.19. The van der Waals surface area contributed by atoms with Crippen LogP contribution >= 0.6 is 11.8 Å². The average molecular weight is 277 g/mol. The minimum absolute atomic E-state index is 0.806. The molecule has 2 heteroatoms. The maximum atomic E-state index is 3.72. The van der Waals surface area contributed by atoms with Gasteiger partial charge in [-0.1, -0.05) is 25.3 Å². The van der Waals surface area contributed by atoms with Gasteiger partial charge in [-0.25, -0.2) is 0 Å². The second-order valence-electron chi connectivity index (χ2n) is 5.74. The van der Waals surface area contributed by atoms with Crippen molar-refractivity contribution < 1.29 is 0 Å². The number of hydrogen-bond donors (Lipinski definition) is 1. The van der Waals surface area contributed by atoms with E-state index < -0.39 is 0 Å². The van der Waals surface area contributed by atoms with Crippen molar-refractivity contribution in [2.75, 3.05) is 12.3 Å². The Morgan fingerprint density at radius 1 is 1.11 bits per heavy atom. The Balaban J connectivity index is 1.59. The molecule has 0 heterocycles. The van der Waals surface area contributed by atoms with Crippen LogP contribution in [-0.4, -0.2) is 18.3 Å². The lowest BCUT2D eigenvalue weighted by atomic mass is 9.95. The van der Waals surface area contributed by atoms with Gasteiger partial charge >= 0.3 is 0 Å². The summed E-state index contributed by atoms with van der Waals surface area (Å²) in [6, 6.07) is 7.61. The van der Waals surface area contributed by atoms with E-state index in [1.54, 1.807) is 0 Å². The van der Waals surface area contributed by atoms with Crippen molar-refractivity contribution in [1.82, 2.24) is 5.32 Å². The maximum absolute atomic E-state index is 3.72. The minimum atomic E-state index is 0.806. The van der Waals surface area contributed by atoms with Gasteiger partial charge in [-0.15, -0.1) is 11.8 Å². The van der Waals surface area contributed by atoms with Gasteiger partial charge in [0.05, 0.1) is 0 Å². The Morgan fingerprint density at radius 3 is 2.63 bits per heavy atom. The van der Waals surface area contributed by atoms with Crippen LogP contribution in [0.25, 0.3) is 0 Å². The molecule has 1 saturated carbocycles. The Bertz CT molecular complexity index is 383. The predicted molar refractivity (Wildman–Crippen MR) is 86.1 cm³/mol. The van der Waals surface area contributed by atoms with E-state index in [-0.39, 0.29) is 0 Å². The SMILES string of the molecule is Cc1ccc(SCCCNC2CCCCC2)cc1C. The molecule has 0 saturated heterocycles. The molecule has 0 aromatic heterocycles. The van der Waals surface area contributed by atoms with E-state index in [0.717, 1.165) is 6.04 Å². The van der Waals surface area contributed by atoms with E-state index in [0.29, 0.717) is 0 Å². The lowest BCUT2D eigenvalue weighted by molar-refractivity contribution is 0.375. The molecule has 0 atom stereocenters. The van der Waals surface area contributed by atoms with Crippen molar-refractivity contribution in [3.8, 4) is 0 Å². The fourth-order valence-corrected chi connectivity index (χ4v) is 3.63. The molecule has 1 fully saturated rings. The van der Waals surface area contributed by atoms with Crippen LogP contribution in [0.5, 0.6) is 0 Å². The first-order valence-electron chi connectivity index (χ1n) is 7.69. The summed E-state index contributed by atoms with van der Waals surface area (Å²) in [7, 11) is 0. The molecule has 1 N–H and O–H groups in total. The van der Waals surface area contributed by atoms with Gasteiger partial charge in [0.15, 0.2) is 0 Å². The maximum Gasteiger partial charge on any atom is 0.00747 e. The van der Waals surface area contributed by atoms with Crippen LogP contribution in [0.15, 0.2) is 23.1 Å². The van der Waals surface area contributed by atoms with Crippen LogP contribution in [0.4, 0.5) is 0 Å². The summed E-state index contributed by atoms with van der Waals surface area (Å²) in [6.07, 6.45) is 8.35. The van der Waals surface area contributed by atoms with E-state index in [2.05, 4.69) is 37.4 Å². The quantitative estimate of drug-likeness (QED) is 0.597. The molecule has 1 nitrogen and oxygen atoms in total.